The Balaban J connectivity index is 1.20. The minimum absolute atomic E-state index is 0.0407. The van der Waals surface area contributed by atoms with E-state index < -0.39 is 18.2 Å². The molecule has 14 heteroatoms. The highest BCUT2D eigenvalue weighted by molar-refractivity contribution is 5.86. The number of amides is 4. The smallest absolute Gasteiger partial charge is 0.407 e. The highest BCUT2D eigenvalue weighted by Crippen LogP contribution is 2.36. The molecule has 1 aromatic carbocycles. The van der Waals surface area contributed by atoms with E-state index >= 15 is 0 Å². The molecule has 0 radical (unpaired) electrons. The third-order valence-electron chi connectivity index (χ3n) is 9.83. The van der Waals surface area contributed by atoms with Gasteiger partial charge in [0, 0.05) is 36.7 Å². The minimum Gasteiger partial charge on any atom is -0.453 e. The Hall–Kier alpha value is -5.76. The van der Waals surface area contributed by atoms with Gasteiger partial charge in [-0.3, -0.25) is 9.59 Å². The van der Waals surface area contributed by atoms with E-state index in [4.69, 9.17) is 9.47 Å². The number of hydrogen-bond acceptors (Lipinski definition) is 8. The molecule has 0 spiro atoms. The fraction of sp³-hybridized carbons (Fsp3) is 0.500. The average molecular weight is 739 g/mol. The fourth-order valence-corrected chi connectivity index (χ4v) is 6.91. The molecule has 4 amide bonds. The van der Waals surface area contributed by atoms with Crippen LogP contribution in [-0.2, 0) is 19.1 Å². The molecule has 4 heterocycles. The summed E-state index contributed by atoms with van der Waals surface area (Å²) in [4.78, 5) is 69.8. The van der Waals surface area contributed by atoms with Crippen LogP contribution in [0, 0.1) is 41.4 Å². The molecule has 6 atom stereocenters. The van der Waals surface area contributed by atoms with E-state index in [1.165, 1.54) is 14.2 Å². The predicted octanol–water partition coefficient (Wildman–Crippen LogP) is 4.66. The zero-order chi connectivity index (χ0) is 38.9. The third-order valence-corrected chi connectivity index (χ3v) is 9.83. The number of rotatable bonds is 9. The number of aromatic nitrogens is 4. The Labute approximate surface area is 316 Å². The van der Waals surface area contributed by atoms with Crippen LogP contribution < -0.4 is 10.6 Å². The molecular weight excluding hydrogens is 688 g/mol. The van der Waals surface area contributed by atoms with Gasteiger partial charge in [-0.05, 0) is 73.1 Å². The second kappa shape index (κ2) is 17.8. The Morgan fingerprint density at radius 3 is 1.76 bits per heavy atom. The van der Waals surface area contributed by atoms with Gasteiger partial charge in [0.25, 0.3) is 0 Å². The van der Waals surface area contributed by atoms with Gasteiger partial charge in [-0.2, -0.15) is 0 Å². The van der Waals surface area contributed by atoms with E-state index in [-0.39, 0.29) is 48.2 Å². The van der Waals surface area contributed by atoms with Gasteiger partial charge in [0.05, 0.1) is 38.7 Å². The van der Waals surface area contributed by atoms with E-state index in [1.807, 2.05) is 49.9 Å². The summed E-state index contributed by atoms with van der Waals surface area (Å²) in [6.07, 6.45) is 4.48. The number of H-pyrrole nitrogens is 2. The van der Waals surface area contributed by atoms with E-state index in [9.17, 15) is 19.2 Å². The molecule has 14 nitrogen and oxygen atoms in total. The number of aromatic amines is 2. The lowest BCUT2D eigenvalue weighted by atomic mass is 10.0. The summed E-state index contributed by atoms with van der Waals surface area (Å²) < 4.78 is 9.45. The molecule has 3 aromatic rings. The maximum Gasteiger partial charge on any atom is 0.407 e. The van der Waals surface area contributed by atoms with Crippen molar-refractivity contribution in [1.29, 1.82) is 0 Å². The number of likely N-dealkylation sites (tertiary alicyclic amines) is 2. The number of hydrogen-bond donors (Lipinski definition) is 4. The Kier molecular flexibility index (Phi) is 13.0. The molecule has 286 valence electrons. The van der Waals surface area contributed by atoms with Gasteiger partial charge in [-0.15, -0.1) is 0 Å². The lowest BCUT2D eigenvalue weighted by Crippen LogP contribution is -2.51. The number of imidazole rings is 2. The zero-order valence-corrected chi connectivity index (χ0v) is 32.0. The van der Waals surface area contributed by atoms with Crippen molar-refractivity contribution in [2.45, 2.75) is 84.5 Å². The molecule has 0 saturated carbocycles. The van der Waals surface area contributed by atoms with Crippen molar-refractivity contribution in [3.63, 3.8) is 0 Å². The molecular formula is C40H50N8O6. The van der Waals surface area contributed by atoms with Crippen molar-refractivity contribution in [1.82, 2.24) is 40.4 Å². The van der Waals surface area contributed by atoms with Crippen molar-refractivity contribution in [2.24, 2.45) is 17.8 Å². The molecule has 2 aromatic heterocycles. The van der Waals surface area contributed by atoms with Crippen LogP contribution in [0.15, 0.2) is 36.7 Å². The lowest BCUT2D eigenvalue weighted by Gasteiger charge is -2.30. The number of carbonyl (C=O) groups excluding carboxylic acids is 4. The Morgan fingerprint density at radius 1 is 0.796 bits per heavy atom. The topological polar surface area (TPSA) is 175 Å². The second-order valence-corrected chi connectivity index (χ2v) is 14.5. The SMILES string of the molecule is CC[C@@H](CC(=O)N1C[C@@H](C)C[C@H]1c1ncc(C#Cc2ccc(C#Cc3cnc([C@@H]4C[C@H](C)CN4C(=O)[C@@H](NC(=O)OC)C(C)C)[nH]3)cc2)[nH]1)NC(=O)OC. The second-order valence-electron chi connectivity index (χ2n) is 14.5. The van der Waals surface area contributed by atoms with Crippen LogP contribution in [0.4, 0.5) is 9.59 Å². The monoisotopic (exact) mass is 738 g/mol. The normalized spacial score (nSPS) is 20.3. The van der Waals surface area contributed by atoms with Gasteiger partial charge < -0.3 is 39.9 Å². The molecule has 54 heavy (non-hydrogen) atoms. The summed E-state index contributed by atoms with van der Waals surface area (Å²) in [6.45, 7) is 11.1. The Morgan fingerprint density at radius 2 is 1.28 bits per heavy atom. The van der Waals surface area contributed by atoms with E-state index in [2.05, 4.69) is 68.1 Å². The largest absolute Gasteiger partial charge is 0.453 e. The van der Waals surface area contributed by atoms with Crippen molar-refractivity contribution in [2.75, 3.05) is 27.3 Å². The predicted molar refractivity (Wildman–Crippen MR) is 200 cm³/mol. The summed E-state index contributed by atoms with van der Waals surface area (Å²) in [5, 5.41) is 5.41. The average Bonchev–Trinajstić information content (AvgIpc) is 3.98. The summed E-state index contributed by atoms with van der Waals surface area (Å²) in [5.41, 5.74) is 2.87. The van der Waals surface area contributed by atoms with Crippen LogP contribution in [0.5, 0.6) is 0 Å². The standard InChI is InChI=1S/C40H50N8O6/c1-8-29(45-39(51)53-6)19-34(49)47-22-25(4)17-32(47)36-41-20-30(43-36)15-13-27-9-11-28(12-10-27)14-16-31-21-42-37(44-31)33-18-26(5)23-48(33)38(50)35(24(2)3)46-40(52)54-7/h9-12,20-21,24-26,29,32-33,35H,8,17-19,22-23H2,1-7H3,(H,41,43)(H,42,44)(H,45,51)(H,46,52)/t25-,26-,29-,32-,33-,35-/m0/s1. The lowest BCUT2D eigenvalue weighted by molar-refractivity contribution is -0.135. The van der Waals surface area contributed by atoms with Crippen molar-refractivity contribution < 1.29 is 28.7 Å². The number of carbonyl (C=O) groups is 4. The Bertz CT molecular complexity index is 1930. The molecule has 2 aliphatic heterocycles. The molecule has 2 fully saturated rings. The molecule has 0 aliphatic carbocycles. The third kappa shape index (κ3) is 9.81. The highest BCUT2D eigenvalue weighted by atomic mass is 16.5. The van der Waals surface area contributed by atoms with Crippen LogP contribution >= 0.6 is 0 Å². The quantitative estimate of drug-likeness (QED) is 0.230. The van der Waals surface area contributed by atoms with Crippen LogP contribution in [0.3, 0.4) is 0 Å². The number of alkyl carbamates (subject to hydrolysis) is 2. The molecule has 2 saturated heterocycles. The van der Waals surface area contributed by atoms with Gasteiger partial charge >= 0.3 is 12.2 Å². The van der Waals surface area contributed by atoms with Crippen molar-refractivity contribution in [3.05, 3.63) is 70.8 Å². The summed E-state index contributed by atoms with van der Waals surface area (Å²) in [5.74, 6) is 14.2. The van der Waals surface area contributed by atoms with Gasteiger partial charge in [0.2, 0.25) is 11.8 Å². The minimum atomic E-state index is -0.711. The molecule has 2 aliphatic rings. The van der Waals surface area contributed by atoms with Gasteiger partial charge in [0.15, 0.2) is 0 Å². The first-order valence-electron chi connectivity index (χ1n) is 18.4. The number of nitrogens with one attached hydrogen (secondary N) is 4. The van der Waals surface area contributed by atoms with Crippen LogP contribution in [0.2, 0.25) is 0 Å². The maximum atomic E-state index is 13.6. The fourth-order valence-electron chi connectivity index (χ4n) is 6.91. The first-order chi connectivity index (χ1) is 25.9. The summed E-state index contributed by atoms with van der Waals surface area (Å²) >= 11 is 0. The van der Waals surface area contributed by atoms with E-state index in [0.29, 0.717) is 48.5 Å². The van der Waals surface area contributed by atoms with Crippen molar-refractivity contribution in [3.8, 4) is 23.7 Å². The summed E-state index contributed by atoms with van der Waals surface area (Å²) in [6, 6.07) is 6.11. The van der Waals surface area contributed by atoms with Gasteiger partial charge in [-0.1, -0.05) is 46.5 Å². The first kappa shape index (κ1) is 39.4. The molecule has 5 rings (SSSR count). The molecule has 0 bridgehead atoms. The van der Waals surface area contributed by atoms with Crippen LogP contribution in [-0.4, -0.2) is 93.1 Å². The number of methoxy groups -OCH3 is 2. The molecule has 4 N–H and O–H groups in total. The summed E-state index contributed by atoms with van der Waals surface area (Å²) in [7, 11) is 2.58. The number of nitrogens with zero attached hydrogens (tertiary/aromatic N) is 4. The first-order valence-corrected chi connectivity index (χ1v) is 18.4. The maximum absolute atomic E-state index is 13.6. The number of benzene rings is 1. The van der Waals surface area contributed by atoms with Crippen molar-refractivity contribution >= 4 is 24.0 Å². The number of ether oxygens (including phenoxy) is 2. The zero-order valence-electron chi connectivity index (χ0n) is 32.0. The van der Waals surface area contributed by atoms with E-state index in [1.54, 1.807) is 17.3 Å². The van der Waals surface area contributed by atoms with E-state index in [0.717, 1.165) is 24.0 Å². The van der Waals surface area contributed by atoms with Gasteiger partial charge in [0.1, 0.15) is 29.1 Å². The van der Waals surface area contributed by atoms with Crippen LogP contribution in [0.1, 0.15) is 107 Å². The molecule has 0 unspecified atom stereocenters. The van der Waals surface area contributed by atoms with Gasteiger partial charge in [-0.25, -0.2) is 19.6 Å². The highest BCUT2D eigenvalue weighted by Gasteiger charge is 2.40. The van der Waals surface area contributed by atoms with Crippen LogP contribution in [0.25, 0.3) is 0 Å².